The van der Waals surface area contributed by atoms with Gasteiger partial charge in [0.2, 0.25) is 10.0 Å². The van der Waals surface area contributed by atoms with Crippen LogP contribution in [0.15, 0.2) is 29.2 Å². The van der Waals surface area contributed by atoms with Crippen molar-refractivity contribution in [3.63, 3.8) is 0 Å². The van der Waals surface area contributed by atoms with Gasteiger partial charge in [0.05, 0.1) is 25.5 Å². The SMILES string of the molecule is Nc1ccccc1S(=O)(=O)NCCOCCO. The molecule has 1 aromatic rings. The first-order valence-electron chi connectivity index (χ1n) is 5.10. The van der Waals surface area contributed by atoms with Crippen LogP contribution in [0.25, 0.3) is 0 Å². The number of sulfonamides is 1. The molecule has 0 amide bonds. The highest BCUT2D eigenvalue weighted by atomic mass is 32.2. The van der Waals surface area contributed by atoms with Gasteiger partial charge >= 0.3 is 0 Å². The van der Waals surface area contributed by atoms with Crippen LogP contribution in [0.3, 0.4) is 0 Å². The molecular formula is C10H16N2O4S. The minimum atomic E-state index is -3.60. The van der Waals surface area contributed by atoms with E-state index >= 15 is 0 Å². The fourth-order valence-electron chi connectivity index (χ4n) is 1.22. The molecule has 0 saturated heterocycles. The molecule has 17 heavy (non-hydrogen) atoms. The molecule has 0 bridgehead atoms. The van der Waals surface area contributed by atoms with E-state index in [1.54, 1.807) is 12.1 Å². The summed E-state index contributed by atoms with van der Waals surface area (Å²) >= 11 is 0. The van der Waals surface area contributed by atoms with Gasteiger partial charge in [-0.3, -0.25) is 0 Å². The van der Waals surface area contributed by atoms with E-state index < -0.39 is 10.0 Å². The summed E-state index contributed by atoms with van der Waals surface area (Å²) in [6.45, 7) is 0.441. The first-order valence-corrected chi connectivity index (χ1v) is 6.59. The fraction of sp³-hybridized carbons (Fsp3) is 0.400. The Morgan fingerprint density at radius 1 is 1.29 bits per heavy atom. The lowest BCUT2D eigenvalue weighted by Crippen LogP contribution is -2.28. The van der Waals surface area contributed by atoms with E-state index in [1.165, 1.54) is 12.1 Å². The highest BCUT2D eigenvalue weighted by Gasteiger charge is 2.15. The molecule has 0 saturated carbocycles. The molecule has 6 nitrogen and oxygen atoms in total. The van der Waals surface area contributed by atoms with Gasteiger partial charge in [-0.05, 0) is 12.1 Å². The Balaban J connectivity index is 2.55. The average Bonchev–Trinajstić information content (AvgIpc) is 2.29. The van der Waals surface area contributed by atoms with Gasteiger partial charge in [-0.2, -0.15) is 0 Å². The summed E-state index contributed by atoms with van der Waals surface area (Å²) in [4.78, 5) is 0.0576. The van der Waals surface area contributed by atoms with Gasteiger partial charge < -0.3 is 15.6 Å². The molecule has 0 heterocycles. The van der Waals surface area contributed by atoms with Crippen molar-refractivity contribution in [1.82, 2.24) is 4.72 Å². The number of aliphatic hydroxyl groups excluding tert-OH is 1. The molecule has 0 fully saturated rings. The van der Waals surface area contributed by atoms with Crippen LogP contribution >= 0.6 is 0 Å². The summed E-state index contributed by atoms with van der Waals surface area (Å²) in [7, 11) is -3.60. The van der Waals surface area contributed by atoms with Crippen molar-refractivity contribution in [3.8, 4) is 0 Å². The number of ether oxygens (including phenoxy) is 1. The van der Waals surface area contributed by atoms with Crippen LogP contribution in [0.4, 0.5) is 5.69 Å². The van der Waals surface area contributed by atoms with E-state index in [-0.39, 0.29) is 36.9 Å². The van der Waals surface area contributed by atoms with Crippen LogP contribution in [-0.4, -0.2) is 39.9 Å². The van der Waals surface area contributed by atoms with Crippen LogP contribution < -0.4 is 10.5 Å². The van der Waals surface area contributed by atoms with E-state index in [1.807, 2.05) is 0 Å². The Morgan fingerprint density at radius 3 is 2.65 bits per heavy atom. The second-order valence-electron chi connectivity index (χ2n) is 3.27. The summed E-state index contributed by atoms with van der Waals surface area (Å²) in [5, 5.41) is 8.46. The summed E-state index contributed by atoms with van der Waals surface area (Å²) in [6, 6.07) is 6.23. The number of benzene rings is 1. The highest BCUT2D eigenvalue weighted by molar-refractivity contribution is 7.89. The van der Waals surface area contributed by atoms with Crippen LogP contribution in [0.2, 0.25) is 0 Å². The number of rotatable bonds is 7. The molecule has 0 aliphatic rings. The Morgan fingerprint density at radius 2 is 2.00 bits per heavy atom. The molecule has 7 heteroatoms. The van der Waals surface area contributed by atoms with Crippen LogP contribution in [-0.2, 0) is 14.8 Å². The smallest absolute Gasteiger partial charge is 0.242 e. The summed E-state index contributed by atoms with van der Waals surface area (Å²) in [5.41, 5.74) is 5.78. The maximum absolute atomic E-state index is 11.8. The molecule has 0 aliphatic carbocycles. The quantitative estimate of drug-likeness (QED) is 0.455. The molecule has 0 aliphatic heterocycles. The number of aliphatic hydroxyl groups is 1. The maximum atomic E-state index is 11.8. The third-order valence-corrected chi connectivity index (χ3v) is 3.52. The van der Waals surface area contributed by atoms with Gasteiger partial charge in [-0.25, -0.2) is 13.1 Å². The maximum Gasteiger partial charge on any atom is 0.242 e. The van der Waals surface area contributed by atoms with Gasteiger partial charge in [-0.1, -0.05) is 12.1 Å². The summed E-state index contributed by atoms with van der Waals surface area (Å²) in [6.07, 6.45) is 0. The third kappa shape index (κ3) is 4.31. The normalized spacial score (nSPS) is 11.6. The number of nitrogens with two attached hydrogens (primary N) is 1. The van der Waals surface area contributed by atoms with Crippen LogP contribution in [0.1, 0.15) is 0 Å². The Bertz CT molecular complexity index is 447. The molecule has 0 unspecified atom stereocenters. The van der Waals surface area contributed by atoms with Crippen LogP contribution in [0.5, 0.6) is 0 Å². The lowest BCUT2D eigenvalue weighted by atomic mass is 10.3. The molecule has 4 N–H and O–H groups in total. The fourth-order valence-corrected chi connectivity index (χ4v) is 2.36. The molecule has 96 valence electrons. The Labute approximate surface area is 100 Å². The first kappa shape index (κ1) is 13.9. The van der Waals surface area contributed by atoms with Gasteiger partial charge in [0, 0.05) is 6.54 Å². The topological polar surface area (TPSA) is 102 Å². The number of anilines is 1. The van der Waals surface area contributed by atoms with E-state index in [0.29, 0.717) is 0 Å². The predicted octanol–water partition coefficient (Wildman–Crippen LogP) is -0.444. The van der Waals surface area contributed by atoms with Crippen molar-refractivity contribution >= 4 is 15.7 Å². The lowest BCUT2D eigenvalue weighted by molar-refractivity contribution is 0.0961. The van der Waals surface area contributed by atoms with Crippen molar-refractivity contribution in [2.24, 2.45) is 0 Å². The van der Waals surface area contributed by atoms with Crippen molar-refractivity contribution < 1.29 is 18.3 Å². The van der Waals surface area contributed by atoms with E-state index in [4.69, 9.17) is 15.6 Å². The Hall–Kier alpha value is -1.15. The lowest BCUT2D eigenvalue weighted by Gasteiger charge is -2.08. The molecule has 0 aromatic heterocycles. The molecule has 1 rings (SSSR count). The summed E-state index contributed by atoms with van der Waals surface area (Å²) in [5.74, 6) is 0. The molecule has 1 aromatic carbocycles. The minimum Gasteiger partial charge on any atom is -0.398 e. The van der Waals surface area contributed by atoms with Crippen molar-refractivity contribution in [3.05, 3.63) is 24.3 Å². The monoisotopic (exact) mass is 260 g/mol. The number of nitrogen functional groups attached to an aromatic ring is 1. The zero-order valence-electron chi connectivity index (χ0n) is 9.30. The van der Waals surface area contributed by atoms with E-state index in [9.17, 15) is 8.42 Å². The zero-order valence-corrected chi connectivity index (χ0v) is 10.1. The standard InChI is InChI=1S/C10H16N2O4S/c11-9-3-1-2-4-10(9)17(14,15)12-5-7-16-8-6-13/h1-4,12-13H,5-8,11H2. The second-order valence-corrected chi connectivity index (χ2v) is 5.01. The first-order chi connectivity index (χ1) is 8.08. The minimum absolute atomic E-state index is 0.0576. The molecule has 0 spiro atoms. The van der Waals surface area contributed by atoms with Gasteiger partial charge in [0.25, 0.3) is 0 Å². The average molecular weight is 260 g/mol. The summed E-state index contributed by atoms with van der Waals surface area (Å²) < 4.78 is 30.9. The largest absolute Gasteiger partial charge is 0.398 e. The molecular weight excluding hydrogens is 244 g/mol. The van der Waals surface area contributed by atoms with E-state index in [0.717, 1.165) is 0 Å². The predicted molar refractivity (Wildman–Crippen MR) is 63.9 cm³/mol. The van der Waals surface area contributed by atoms with Crippen LogP contribution in [0, 0.1) is 0 Å². The number of hydrogen-bond donors (Lipinski definition) is 3. The third-order valence-electron chi connectivity index (χ3n) is 1.98. The number of hydrogen-bond acceptors (Lipinski definition) is 5. The van der Waals surface area contributed by atoms with Crippen molar-refractivity contribution in [2.75, 3.05) is 32.1 Å². The highest BCUT2D eigenvalue weighted by Crippen LogP contribution is 2.16. The molecule has 0 radical (unpaired) electrons. The van der Waals surface area contributed by atoms with Gasteiger partial charge in [0.1, 0.15) is 4.90 Å². The molecule has 0 atom stereocenters. The van der Waals surface area contributed by atoms with Gasteiger partial charge in [0.15, 0.2) is 0 Å². The number of para-hydroxylation sites is 1. The van der Waals surface area contributed by atoms with Crippen molar-refractivity contribution in [2.45, 2.75) is 4.90 Å². The van der Waals surface area contributed by atoms with Gasteiger partial charge in [-0.15, -0.1) is 0 Å². The van der Waals surface area contributed by atoms with Crippen molar-refractivity contribution in [1.29, 1.82) is 0 Å². The number of nitrogens with one attached hydrogen (secondary N) is 1. The second kappa shape index (κ2) is 6.55. The zero-order chi connectivity index (χ0) is 12.7. The Kier molecular flexibility index (Phi) is 5.36. The van der Waals surface area contributed by atoms with E-state index in [2.05, 4.69) is 4.72 Å².